The van der Waals surface area contributed by atoms with Gasteiger partial charge in [0.2, 0.25) is 0 Å². The van der Waals surface area contributed by atoms with E-state index in [4.69, 9.17) is 4.42 Å². The van der Waals surface area contributed by atoms with Gasteiger partial charge in [0, 0.05) is 11.1 Å². The lowest BCUT2D eigenvalue weighted by atomic mass is 9.76. The van der Waals surface area contributed by atoms with Crippen LogP contribution in [0.4, 0.5) is 0 Å². The number of rotatable bonds is 0. The molecule has 1 aromatic rings. The normalized spacial score (nSPS) is 16.9. The molecule has 0 saturated carbocycles. The molecule has 0 amide bonds. The van der Waals surface area contributed by atoms with Crippen molar-refractivity contribution in [3.05, 3.63) is 29.2 Å². The largest absolute Gasteiger partial charge is 0.464 e. The van der Waals surface area contributed by atoms with Gasteiger partial charge >= 0.3 is 0 Å². The molecule has 1 heteroatoms. The molecule has 0 radical (unpaired) electrons. The Bertz CT molecular complexity index is 433. The third-order valence-corrected chi connectivity index (χ3v) is 3.30. The van der Waals surface area contributed by atoms with Crippen LogP contribution in [0.3, 0.4) is 0 Å². The summed E-state index contributed by atoms with van der Waals surface area (Å²) in [6.07, 6.45) is 2.87. The van der Waals surface area contributed by atoms with Crippen LogP contribution < -0.4 is 0 Å². The predicted molar refractivity (Wildman–Crippen MR) is 68.2 cm³/mol. The summed E-state index contributed by atoms with van der Waals surface area (Å²) in [4.78, 5) is 0. The molecule has 0 unspecified atom stereocenters. The number of allylic oxidation sites excluding steroid dienone is 2. The minimum absolute atomic E-state index is 0.158. The summed E-state index contributed by atoms with van der Waals surface area (Å²) in [5.41, 5.74) is 4.69. The van der Waals surface area contributed by atoms with Crippen LogP contribution in [0.25, 0.3) is 5.57 Å². The van der Waals surface area contributed by atoms with Gasteiger partial charge in [0.15, 0.2) is 0 Å². The molecule has 88 valence electrons. The molecule has 1 aromatic heterocycles. The van der Waals surface area contributed by atoms with E-state index in [0.29, 0.717) is 0 Å². The molecule has 1 heterocycles. The highest BCUT2D eigenvalue weighted by Crippen LogP contribution is 2.49. The highest BCUT2D eigenvalue weighted by Gasteiger charge is 2.36. The van der Waals surface area contributed by atoms with Crippen LogP contribution in [0.15, 0.2) is 22.3 Å². The molecule has 1 aliphatic carbocycles. The van der Waals surface area contributed by atoms with Crippen molar-refractivity contribution in [2.75, 3.05) is 0 Å². The van der Waals surface area contributed by atoms with Gasteiger partial charge in [0.05, 0.1) is 6.26 Å². The van der Waals surface area contributed by atoms with Crippen molar-refractivity contribution in [2.24, 2.45) is 10.8 Å². The molecule has 0 saturated heterocycles. The van der Waals surface area contributed by atoms with Gasteiger partial charge in [-0.1, -0.05) is 47.1 Å². The first-order valence-corrected chi connectivity index (χ1v) is 6.02. The molecular weight excluding hydrogens is 196 g/mol. The van der Waals surface area contributed by atoms with Crippen molar-refractivity contribution in [2.45, 2.75) is 48.0 Å². The van der Waals surface area contributed by atoms with E-state index in [2.05, 4.69) is 47.6 Å². The molecule has 0 spiro atoms. The van der Waals surface area contributed by atoms with Gasteiger partial charge in [0.1, 0.15) is 5.76 Å². The van der Waals surface area contributed by atoms with Crippen molar-refractivity contribution in [3.63, 3.8) is 0 Å². The number of hydrogen-bond acceptors (Lipinski definition) is 1. The van der Waals surface area contributed by atoms with Crippen LogP contribution in [0, 0.1) is 10.8 Å². The van der Waals surface area contributed by atoms with Crippen LogP contribution >= 0.6 is 0 Å². The number of furan rings is 1. The molecule has 0 aromatic carbocycles. The van der Waals surface area contributed by atoms with Crippen LogP contribution in [0.2, 0.25) is 0 Å². The van der Waals surface area contributed by atoms with Crippen LogP contribution in [0.5, 0.6) is 0 Å². The quantitative estimate of drug-likeness (QED) is 0.616. The fourth-order valence-electron chi connectivity index (χ4n) is 2.54. The Morgan fingerprint density at radius 2 is 1.62 bits per heavy atom. The first kappa shape index (κ1) is 11.5. The Balaban J connectivity index is 2.61. The van der Waals surface area contributed by atoms with Crippen molar-refractivity contribution < 1.29 is 4.42 Å². The molecule has 1 aliphatic rings. The van der Waals surface area contributed by atoms with E-state index in [1.165, 1.54) is 16.7 Å². The fourth-order valence-corrected chi connectivity index (χ4v) is 2.54. The molecule has 16 heavy (non-hydrogen) atoms. The lowest BCUT2D eigenvalue weighted by molar-refractivity contribution is 0.468. The van der Waals surface area contributed by atoms with Gasteiger partial charge in [0.25, 0.3) is 0 Å². The SMILES string of the molecule is CC(C)(C)C1=C(C(C)(C)C)c2occc2C1. The zero-order valence-corrected chi connectivity index (χ0v) is 11.3. The third-order valence-electron chi connectivity index (χ3n) is 3.30. The molecule has 0 aliphatic heterocycles. The minimum atomic E-state index is 0.158. The lowest BCUT2D eigenvalue weighted by Gasteiger charge is -2.28. The Kier molecular flexibility index (Phi) is 2.34. The average Bonchev–Trinajstić information content (AvgIpc) is 2.53. The van der Waals surface area contributed by atoms with Crippen molar-refractivity contribution in [3.8, 4) is 0 Å². The van der Waals surface area contributed by atoms with Crippen LogP contribution in [0.1, 0.15) is 52.9 Å². The van der Waals surface area contributed by atoms with Gasteiger partial charge in [-0.05, 0) is 23.3 Å². The summed E-state index contributed by atoms with van der Waals surface area (Å²) >= 11 is 0. The summed E-state index contributed by atoms with van der Waals surface area (Å²) < 4.78 is 5.68. The highest BCUT2D eigenvalue weighted by atomic mass is 16.3. The highest BCUT2D eigenvalue weighted by molar-refractivity contribution is 5.77. The van der Waals surface area contributed by atoms with Gasteiger partial charge < -0.3 is 4.42 Å². The van der Waals surface area contributed by atoms with Crippen LogP contribution in [-0.4, -0.2) is 0 Å². The Labute approximate surface area is 98.5 Å². The molecule has 2 rings (SSSR count). The van der Waals surface area contributed by atoms with E-state index >= 15 is 0 Å². The smallest absolute Gasteiger partial charge is 0.133 e. The second kappa shape index (κ2) is 3.26. The zero-order chi connectivity index (χ0) is 12.1. The van der Waals surface area contributed by atoms with Gasteiger partial charge in [-0.2, -0.15) is 0 Å². The van der Waals surface area contributed by atoms with E-state index in [0.717, 1.165) is 12.2 Å². The topological polar surface area (TPSA) is 13.1 Å². The van der Waals surface area contributed by atoms with Crippen molar-refractivity contribution in [1.29, 1.82) is 0 Å². The maximum Gasteiger partial charge on any atom is 0.133 e. The van der Waals surface area contributed by atoms with E-state index in [1.54, 1.807) is 0 Å². The monoisotopic (exact) mass is 218 g/mol. The minimum Gasteiger partial charge on any atom is -0.464 e. The Morgan fingerprint density at radius 1 is 1.00 bits per heavy atom. The summed E-state index contributed by atoms with van der Waals surface area (Å²) in [6.45, 7) is 13.7. The molecule has 0 N–H and O–H groups in total. The summed E-state index contributed by atoms with van der Waals surface area (Å²) in [7, 11) is 0. The summed E-state index contributed by atoms with van der Waals surface area (Å²) in [6, 6.07) is 2.11. The molecule has 0 bridgehead atoms. The van der Waals surface area contributed by atoms with Crippen molar-refractivity contribution in [1.82, 2.24) is 0 Å². The number of fused-ring (bicyclic) bond motifs is 1. The zero-order valence-electron chi connectivity index (χ0n) is 11.3. The van der Waals surface area contributed by atoms with Gasteiger partial charge in [-0.3, -0.25) is 0 Å². The first-order valence-electron chi connectivity index (χ1n) is 6.02. The molecule has 0 atom stereocenters. The standard InChI is InChI=1S/C15H22O/c1-14(2,3)11-9-10-7-8-16-13(10)12(11)15(4,5)6/h7-8H,9H2,1-6H3. The van der Waals surface area contributed by atoms with E-state index in [-0.39, 0.29) is 10.8 Å². The molecular formula is C15H22O. The Morgan fingerprint density at radius 3 is 2.12 bits per heavy atom. The molecule has 1 nitrogen and oxygen atoms in total. The van der Waals surface area contributed by atoms with Crippen molar-refractivity contribution >= 4 is 5.57 Å². The first-order chi connectivity index (χ1) is 7.21. The van der Waals surface area contributed by atoms with E-state index in [1.807, 2.05) is 6.26 Å². The van der Waals surface area contributed by atoms with E-state index < -0.39 is 0 Å². The maximum absolute atomic E-state index is 5.68. The van der Waals surface area contributed by atoms with Gasteiger partial charge in [-0.25, -0.2) is 0 Å². The third kappa shape index (κ3) is 1.73. The maximum atomic E-state index is 5.68. The average molecular weight is 218 g/mol. The second-order valence-corrected chi connectivity index (χ2v) is 6.81. The van der Waals surface area contributed by atoms with Gasteiger partial charge in [-0.15, -0.1) is 0 Å². The second-order valence-electron chi connectivity index (χ2n) is 6.81. The lowest BCUT2D eigenvalue weighted by Crippen LogP contribution is -2.16. The number of hydrogen-bond donors (Lipinski definition) is 0. The van der Waals surface area contributed by atoms with Crippen LogP contribution in [-0.2, 0) is 6.42 Å². The summed E-state index contributed by atoms with van der Waals surface area (Å²) in [5.74, 6) is 1.12. The summed E-state index contributed by atoms with van der Waals surface area (Å²) in [5, 5.41) is 0. The molecule has 0 fully saturated rings. The van der Waals surface area contributed by atoms with E-state index in [9.17, 15) is 0 Å². The fraction of sp³-hybridized carbons (Fsp3) is 0.600. The predicted octanol–water partition coefficient (Wildman–Crippen LogP) is 4.68. The Hall–Kier alpha value is -0.980.